The first-order valence-electron chi connectivity index (χ1n) is 10.5. The highest BCUT2D eigenvalue weighted by Crippen LogP contribution is 2.32. The Hall–Kier alpha value is -4.00. The van der Waals surface area contributed by atoms with E-state index >= 15 is 0 Å². The van der Waals surface area contributed by atoms with Gasteiger partial charge in [0.1, 0.15) is 17.4 Å². The molecule has 1 aromatic heterocycles. The van der Waals surface area contributed by atoms with Crippen molar-refractivity contribution in [2.45, 2.75) is 26.7 Å². The molecule has 0 aliphatic carbocycles. The van der Waals surface area contributed by atoms with Gasteiger partial charge in [0.05, 0.1) is 17.1 Å². The monoisotopic (exact) mass is 447 g/mol. The molecule has 3 aromatic carbocycles. The van der Waals surface area contributed by atoms with Crippen LogP contribution in [0.15, 0.2) is 72.8 Å². The van der Waals surface area contributed by atoms with Gasteiger partial charge in [-0.25, -0.2) is 13.5 Å². The number of hydrogen-bond donors (Lipinski definition) is 1. The van der Waals surface area contributed by atoms with E-state index in [0.717, 1.165) is 11.1 Å². The summed E-state index contributed by atoms with van der Waals surface area (Å²) in [5.41, 5.74) is 3.22. The minimum absolute atomic E-state index is 0.106. The van der Waals surface area contributed by atoms with E-state index in [-0.39, 0.29) is 23.8 Å². The molecule has 5 nitrogen and oxygen atoms in total. The molecule has 168 valence electrons. The number of nitrogens with zero attached hydrogens (tertiary/aromatic N) is 2. The molecule has 1 heterocycles. The zero-order valence-electron chi connectivity index (χ0n) is 18.3. The van der Waals surface area contributed by atoms with Gasteiger partial charge in [-0.2, -0.15) is 5.10 Å². The number of halogens is 2. The first-order chi connectivity index (χ1) is 15.9. The summed E-state index contributed by atoms with van der Waals surface area (Å²) in [6.45, 7) is 3.79. The van der Waals surface area contributed by atoms with Crippen molar-refractivity contribution < 1.29 is 18.3 Å². The van der Waals surface area contributed by atoms with Crippen LogP contribution in [-0.4, -0.2) is 15.7 Å². The van der Waals surface area contributed by atoms with Crippen LogP contribution >= 0.6 is 0 Å². The second-order valence-corrected chi connectivity index (χ2v) is 7.70. The lowest BCUT2D eigenvalue weighted by Crippen LogP contribution is -2.13. The van der Waals surface area contributed by atoms with E-state index < -0.39 is 5.82 Å². The van der Waals surface area contributed by atoms with Crippen LogP contribution in [0.2, 0.25) is 0 Å². The zero-order chi connectivity index (χ0) is 23.4. The van der Waals surface area contributed by atoms with Crippen molar-refractivity contribution in [3.05, 3.63) is 101 Å². The van der Waals surface area contributed by atoms with E-state index in [2.05, 4.69) is 10.4 Å². The second kappa shape index (κ2) is 9.65. The standard InChI is InChI=1S/C26H23F2N3O2/c1-17-6-5-7-21(16-17)33-26-22(14-15-25(32)29-24-9-4-3-8-23(24)28)18(2)30-31(26)20-12-10-19(27)11-13-20/h3-13,16H,14-15H2,1-2H3,(H,29,32). The number of benzene rings is 3. The minimum atomic E-state index is -0.491. The molecule has 0 saturated heterocycles. The highest BCUT2D eigenvalue weighted by atomic mass is 19.1. The summed E-state index contributed by atoms with van der Waals surface area (Å²) in [5.74, 6) is -0.0993. The predicted octanol–water partition coefficient (Wildman–Crippen LogP) is 6.13. The third-order valence-corrected chi connectivity index (χ3v) is 5.16. The normalized spacial score (nSPS) is 10.8. The summed E-state index contributed by atoms with van der Waals surface area (Å²) >= 11 is 0. The number of anilines is 1. The molecule has 0 radical (unpaired) electrons. The molecule has 0 spiro atoms. The van der Waals surface area contributed by atoms with Crippen molar-refractivity contribution in [1.82, 2.24) is 9.78 Å². The van der Waals surface area contributed by atoms with Crippen molar-refractivity contribution in [2.75, 3.05) is 5.32 Å². The number of carbonyl (C=O) groups excluding carboxylic acids is 1. The van der Waals surface area contributed by atoms with Crippen molar-refractivity contribution in [2.24, 2.45) is 0 Å². The molecule has 1 N–H and O–H groups in total. The van der Waals surface area contributed by atoms with Gasteiger partial charge in [-0.1, -0.05) is 24.3 Å². The first-order valence-corrected chi connectivity index (χ1v) is 10.5. The van der Waals surface area contributed by atoms with Gasteiger partial charge in [-0.3, -0.25) is 4.79 Å². The SMILES string of the molecule is Cc1cccc(Oc2c(CCC(=O)Nc3ccccc3F)c(C)nn2-c2ccc(F)cc2)c1. The van der Waals surface area contributed by atoms with Gasteiger partial charge in [0, 0.05) is 12.0 Å². The Morgan fingerprint density at radius 1 is 1.00 bits per heavy atom. The molecule has 1 amide bonds. The van der Waals surface area contributed by atoms with Crippen LogP contribution in [0, 0.1) is 25.5 Å². The molecular formula is C26H23F2N3O2. The molecule has 0 atom stereocenters. The van der Waals surface area contributed by atoms with Gasteiger partial charge in [0.2, 0.25) is 11.8 Å². The smallest absolute Gasteiger partial charge is 0.226 e. The van der Waals surface area contributed by atoms with Crippen molar-refractivity contribution in [1.29, 1.82) is 0 Å². The fraction of sp³-hybridized carbons (Fsp3) is 0.154. The quantitative estimate of drug-likeness (QED) is 0.371. The van der Waals surface area contributed by atoms with E-state index in [1.54, 1.807) is 28.9 Å². The Bertz CT molecular complexity index is 1280. The Labute approximate surface area is 190 Å². The number of carbonyl (C=O) groups is 1. The number of nitrogens with one attached hydrogen (secondary N) is 1. The first kappa shape index (κ1) is 22.2. The molecule has 4 aromatic rings. The molecule has 0 fully saturated rings. The van der Waals surface area contributed by atoms with Crippen LogP contribution in [-0.2, 0) is 11.2 Å². The van der Waals surface area contributed by atoms with Gasteiger partial charge in [-0.05, 0) is 74.4 Å². The highest BCUT2D eigenvalue weighted by molar-refractivity contribution is 5.91. The van der Waals surface area contributed by atoms with Crippen molar-refractivity contribution in [3.8, 4) is 17.3 Å². The Morgan fingerprint density at radius 3 is 2.48 bits per heavy atom. The van der Waals surface area contributed by atoms with Crippen molar-refractivity contribution >= 4 is 11.6 Å². The number of aromatic nitrogens is 2. The third kappa shape index (κ3) is 5.26. The van der Waals surface area contributed by atoms with Gasteiger partial charge < -0.3 is 10.1 Å². The van der Waals surface area contributed by atoms with Crippen molar-refractivity contribution in [3.63, 3.8) is 0 Å². The third-order valence-electron chi connectivity index (χ3n) is 5.16. The highest BCUT2D eigenvalue weighted by Gasteiger charge is 2.20. The van der Waals surface area contributed by atoms with Gasteiger partial charge >= 0.3 is 0 Å². The van der Waals surface area contributed by atoms with Crippen LogP contribution in [0.25, 0.3) is 5.69 Å². The maximum Gasteiger partial charge on any atom is 0.226 e. The summed E-state index contributed by atoms with van der Waals surface area (Å²) in [5, 5.41) is 7.18. The molecule has 0 saturated carbocycles. The van der Waals surface area contributed by atoms with E-state index in [1.165, 1.54) is 24.3 Å². The summed E-state index contributed by atoms with van der Waals surface area (Å²) in [4.78, 5) is 12.5. The minimum Gasteiger partial charge on any atom is -0.439 e. The fourth-order valence-corrected chi connectivity index (χ4v) is 3.49. The van der Waals surface area contributed by atoms with Gasteiger partial charge in [-0.15, -0.1) is 0 Å². The molecule has 4 rings (SSSR count). The van der Waals surface area contributed by atoms with Crippen LogP contribution in [0.3, 0.4) is 0 Å². The lowest BCUT2D eigenvalue weighted by molar-refractivity contribution is -0.116. The number of ether oxygens (including phenoxy) is 1. The fourth-order valence-electron chi connectivity index (χ4n) is 3.49. The van der Waals surface area contributed by atoms with Crippen LogP contribution < -0.4 is 10.1 Å². The number of rotatable bonds is 7. The number of amides is 1. The molecule has 7 heteroatoms. The molecule has 0 unspecified atom stereocenters. The van der Waals surface area contributed by atoms with Crippen LogP contribution in [0.5, 0.6) is 11.6 Å². The summed E-state index contributed by atoms with van der Waals surface area (Å²) in [7, 11) is 0. The average Bonchev–Trinajstić information content (AvgIpc) is 3.09. The van der Waals surface area contributed by atoms with E-state index in [0.29, 0.717) is 29.4 Å². The average molecular weight is 447 g/mol. The number of para-hydroxylation sites is 1. The topological polar surface area (TPSA) is 56.1 Å². The molecule has 33 heavy (non-hydrogen) atoms. The summed E-state index contributed by atoms with van der Waals surface area (Å²) < 4.78 is 35.1. The van der Waals surface area contributed by atoms with Crippen LogP contribution in [0.1, 0.15) is 23.2 Å². The number of hydrogen-bond acceptors (Lipinski definition) is 3. The summed E-state index contributed by atoms with van der Waals surface area (Å²) in [6.07, 6.45) is 0.433. The lowest BCUT2D eigenvalue weighted by atomic mass is 10.1. The number of aryl methyl sites for hydroxylation is 2. The van der Waals surface area contributed by atoms with E-state index in [4.69, 9.17) is 4.74 Å². The Morgan fingerprint density at radius 2 is 1.76 bits per heavy atom. The van der Waals surface area contributed by atoms with E-state index in [1.807, 2.05) is 38.1 Å². The Kier molecular flexibility index (Phi) is 6.49. The van der Waals surface area contributed by atoms with Gasteiger partial charge in [0.15, 0.2) is 0 Å². The predicted molar refractivity (Wildman–Crippen MR) is 123 cm³/mol. The molecule has 0 aliphatic rings. The van der Waals surface area contributed by atoms with E-state index in [9.17, 15) is 13.6 Å². The maximum absolute atomic E-state index is 13.9. The zero-order valence-corrected chi connectivity index (χ0v) is 18.3. The molecule has 0 bridgehead atoms. The molecular weight excluding hydrogens is 424 g/mol. The largest absolute Gasteiger partial charge is 0.439 e. The molecule has 0 aliphatic heterocycles. The van der Waals surface area contributed by atoms with Gasteiger partial charge in [0.25, 0.3) is 0 Å². The second-order valence-electron chi connectivity index (χ2n) is 7.70. The Balaban J connectivity index is 1.62. The van der Waals surface area contributed by atoms with Crippen LogP contribution in [0.4, 0.5) is 14.5 Å². The summed E-state index contributed by atoms with van der Waals surface area (Å²) in [6, 6.07) is 19.5. The maximum atomic E-state index is 13.9. The lowest BCUT2D eigenvalue weighted by Gasteiger charge is -2.12.